The highest BCUT2D eigenvalue weighted by Gasteiger charge is 2.33. The second-order valence-electron chi connectivity index (χ2n) is 8.66. The van der Waals surface area contributed by atoms with E-state index in [1.807, 2.05) is 0 Å². The van der Waals surface area contributed by atoms with Crippen molar-refractivity contribution in [2.24, 2.45) is 0 Å². The molecule has 2 aliphatic rings. The van der Waals surface area contributed by atoms with Crippen LogP contribution in [0.4, 0.5) is 18.9 Å². The molecule has 2 nitrogen and oxygen atoms in total. The summed E-state index contributed by atoms with van der Waals surface area (Å²) in [6, 6.07) is 9.27. The molecule has 1 heterocycles. The molecule has 4 rings (SSSR count). The number of anilines is 1. The van der Waals surface area contributed by atoms with Crippen LogP contribution < -0.4 is 10.6 Å². The Morgan fingerprint density at radius 1 is 1.00 bits per heavy atom. The summed E-state index contributed by atoms with van der Waals surface area (Å²) in [6.07, 6.45) is 3.27. The van der Waals surface area contributed by atoms with Crippen LogP contribution in [-0.4, -0.2) is 19.6 Å². The molecular weight excluding hydrogens is 417 g/mol. The number of hydrogen-bond acceptors (Lipinski definition) is 3. The van der Waals surface area contributed by atoms with Gasteiger partial charge in [0.2, 0.25) is 0 Å². The number of rotatable bonds is 8. The van der Waals surface area contributed by atoms with Crippen LogP contribution in [0.2, 0.25) is 0 Å². The van der Waals surface area contributed by atoms with Gasteiger partial charge in [0.05, 0.1) is 5.56 Å². The molecule has 0 aromatic heterocycles. The number of hydrogen-bond donors (Lipinski definition) is 2. The second-order valence-corrected chi connectivity index (χ2v) is 9.74. The maximum atomic E-state index is 13.6. The largest absolute Gasteiger partial charge is 0.416 e. The molecule has 0 amide bonds. The minimum absolute atomic E-state index is 0.569. The van der Waals surface area contributed by atoms with Crippen molar-refractivity contribution in [1.82, 2.24) is 5.32 Å². The number of nitrogens with one attached hydrogen (secondary N) is 2. The van der Waals surface area contributed by atoms with Crippen molar-refractivity contribution >= 4 is 17.4 Å². The Bertz CT molecular complexity index is 904. The zero-order valence-corrected chi connectivity index (χ0v) is 18.9. The standard InChI is InChI=1S/C25H31F3N2S/c1-2-10-29-11-5-12-30-22-15-20(25(26,27)28)16-24-21(22)13-19-9-8-18(14-23(19)31-24)17-6-3-4-7-17/h8-9,14-17,29-30H,2-7,10-13H2,1H3. The van der Waals surface area contributed by atoms with Crippen LogP contribution in [0.15, 0.2) is 40.1 Å². The summed E-state index contributed by atoms with van der Waals surface area (Å²) in [6.45, 7) is 4.60. The van der Waals surface area contributed by atoms with Crippen molar-refractivity contribution in [3.05, 3.63) is 52.6 Å². The van der Waals surface area contributed by atoms with Crippen LogP contribution in [0.3, 0.4) is 0 Å². The molecule has 6 heteroatoms. The first-order chi connectivity index (χ1) is 15.0. The third-order valence-corrected chi connectivity index (χ3v) is 7.50. The number of benzene rings is 2. The van der Waals surface area contributed by atoms with Gasteiger partial charge in [0, 0.05) is 28.4 Å². The molecule has 0 bridgehead atoms. The van der Waals surface area contributed by atoms with E-state index in [2.05, 4.69) is 35.8 Å². The molecule has 2 aromatic carbocycles. The zero-order valence-electron chi connectivity index (χ0n) is 18.1. The summed E-state index contributed by atoms with van der Waals surface area (Å²) < 4.78 is 40.7. The van der Waals surface area contributed by atoms with Crippen LogP contribution in [0.5, 0.6) is 0 Å². The van der Waals surface area contributed by atoms with Crippen LogP contribution in [-0.2, 0) is 12.6 Å². The molecule has 2 aromatic rings. The molecule has 31 heavy (non-hydrogen) atoms. The van der Waals surface area contributed by atoms with E-state index in [4.69, 9.17) is 0 Å². The summed E-state index contributed by atoms with van der Waals surface area (Å²) in [4.78, 5) is 1.85. The zero-order chi connectivity index (χ0) is 21.8. The first kappa shape index (κ1) is 22.5. The van der Waals surface area contributed by atoms with E-state index in [1.54, 1.807) is 0 Å². The number of halogens is 3. The molecule has 1 saturated carbocycles. The molecule has 1 fully saturated rings. The summed E-state index contributed by atoms with van der Waals surface area (Å²) in [5.41, 5.74) is 3.60. The lowest BCUT2D eigenvalue weighted by molar-refractivity contribution is -0.137. The van der Waals surface area contributed by atoms with Crippen LogP contribution in [0, 0.1) is 0 Å². The van der Waals surface area contributed by atoms with Gasteiger partial charge in [-0.3, -0.25) is 0 Å². The third-order valence-electron chi connectivity index (χ3n) is 6.31. The lowest BCUT2D eigenvalue weighted by Crippen LogP contribution is -2.19. The fraction of sp³-hybridized carbons (Fsp3) is 0.520. The van der Waals surface area contributed by atoms with Gasteiger partial charge in [-0.25, -0.2) is 0 Å². The molecule has 0 atom stereocenters. The number of alkyl halides is 3. The lowest BCUT2D eigenvalue weighted by atomic mass is 9.94. The average molecular weight is 449 g/mol. The van der Waals surface area contributed by atoms with Gasteiger partial charge in [-0.05, 0) is 79.6 Å². The van der Waals surface area contributed by atoms with Crippen LogP contribution in [0.1, 0.15) is 73.6 Å². The van der Waals surface area contributed by atoms with Gasteiger partial charge in [-0.15, -0.1) is 0 Å². The fourth-order valence-electron chi connectivity index (χ4n) is 4.61. The monoisotopic (exact) mass is 448 g/mol. The van der Waals surface area contributed by atoms with E-state index in [1.165, 1.54) is 60.7 Å². The lowest BCUT2D eigenvalue weighted by Gasteiger charge is -2.25. The Kier molecular flexibility index (Phi) is 7.17. The first-order valence-electron chi connectivity index (χ1n) is 11.4. The van der Waals surface area contributed by atoms with Crippen molar-refractivity contribution in [3.8, 4) is 0 Å². The van der Waals surface area contributed by atoms with E-state index < -0.39 is 11.7 Å². The quantitative estimate of drug-likeness (QED) is 0.356. The highest BCUT2D eigenvalue weighted by Crippen LogP contribution is 2.47. The Balaban J connectivity index is 1.56. The minimum atomic E-state index is -4.35. The van der Waals surface area contributed by atoms with E-state index in [0.29, 0.717) is 24.6 Å². The van der Waals surface area contributed by atoms with Gasteiger partial charge in [0.25, 0.3) is 0 Å². The van der Waals surface area contributed by atoms with Crippen molar-refractivity contribution in [1.29, 1.82) is 0 Å². The highest BCUT2D eigenvalue weighted by atomic mass is 32.2. The van der Waals surface area contributed by atoms with Gasteiger partial charge in [-0.2, -0.15) is 13.2 Å². The predicted molar refractivity (Wildman–Crippen MR) is 122 cm³/mol. The van der Waals surface area contributed by atoms with Gasteiger partial charge in [-0.1, -0.05) is 43.7 Å². The Labute approximate surface area is 187 Å². The molecule has 0 unspecified atom stereocenters. The van der Waals surface area contributed by atoms with Crippen molar-refractivity contribution in [3.63, 3.8) is 0 Å². The second kappa shape index (κ2) is 9.86. The summed E-state index contributed by atoms with van der Waals surface area (Å²) in [5, 5.41) is 6.63. The predicted octanol–water partition coefficient (Wildman–Crippen LogP) is 7.22. The Morgan fingerprint density at radius 3 is 2.55 bits per heavy atom. The molecule has 0 radical (unpaired) electrons. The van der Waals surface area contributed by atoms with Gasteiger partial charge >= 0.3 is 6.18 Å². The van der Waals surface area contributed by atoms with E-state index in [-0.39, 0.29) is 0 Å². The summed E-state index contributed by atoms with van der Waals surface area (Å²) >= 11 is 1.50. The van der Waals surface area contributed by atoms with Gasteiger partial charge in [0.1, 0.15) is 0 Å². The average Bonchev–Trinajstić information content (AvgIpc) is 3.28. The smallest absolute Gasteiger partial charge is 0.385 e. The van der Waals surface area contributed by atoms with Crippen LogP contribution in [0.25, 0.3) is 0 Å². The first-order valence-corrected chi connectivity index (χ1v) is 12.3. The van der Waals surface area contributed by atoms with Gasteiger partial charge in [0.15, 0.2) is 0 Å². The molecule has 168 valence electrons. The molecule has 2 N–H and O–H groups in total. The Hall–Kier alpha value is -1.66. The van der Waals surface area contributed by atoms with Crippen molar-refractivity contribution in [2.45, 2.75) is 73.8 Å². The van der Waals surface area contributed by atoms with E-state index >= 15 is 0 Å². The van der Waals surface area contributed by atoms with Crippen molar-refractivity contribution < 1.29 is 13.2 Å². The molecular formula is C25H31F3N2S. The fourth-order valence-corrected chi connectivity index (χ4v) is 5.81. The van der Waals surface area contributed by atoms with Crippen LogP contribution >= 0.6 is 11.8 Å². The van der Waals surface area contributed by atoms with Crippen molar-refractivity contribution in [2.75, 3.05) is 25.0 Å². The third kappa shape index (κ3) is 5.40. The molecule has 0 saturated heterocycles. The summed E-state index contributed by atoms with van der Waals surface area (Å²) in [5.74, 6) is 0.604. The SMILES string of the molecule is CCCNCCCNc1cc(C(F)(F)F)cc2c1Cc1ccc(C3CCCC3)cc1S2. The van der Waals surface area contributed by atoms with E-state index in [0.717, 1.165) is 41.3 Å². The topological polar surface area (TPSA) is 24.1 Å². The maximum absolute atomic E-state index is 13.6. The van der Waals surface area contributed by atoms with Gasteiger partial charge < -0.3 is 10.6 Å². The summed E-state index contributed by atoms with van der Waals surface area (Å²) in [7, 11) is 0. The van der Waals surface area contributed by atoms with E-state index in [9.17, 15) is 13.2 Å². The Morgan fingerprint density at radius 2 is 1.81 bits per heavy atom. The number of fused-ring (bicyclic) bond motifs is 2. The normalized spacial score (nSPS) is 16.3. The molecule has 1 aliphatic carbocycles. The molecule has 0 spiro atoms. The highest BCUT2D eigenvalue weighted by molar-refractivity contribution is 7.99. The maximum Gasteiger partial charge on any atom is 0.416 e. The molecule has 1 aliphatic heterocycles. The minimum Gasteiger partial charge on any atom is -0.385 e.